The highest BCUT2D eigenvalue weighted by molar-refractivity contribution is 7.80. The first-order chi connectivity index (χ1) is 15.4. The van der Waals surface area contributed by atoms with Gasteiger partial charge in [0.05, 0.1) is 24.8 Å². The fraction of sp³-hybridized carbons (Fsp3) is 0.304. The van der Waals surface area contributed by atoms with Gasteiger partial charge < -0.3 is 19.5 Å². The Labute approximate surface area is 195 Å². The number of amides is 1. The molecular formula is C23H22ClFN2O4S. The van der Waals surface area contributed by atoms with Gasteiger partial charge in [0, 0.05) is 12.2 Å². The van der Waals surface area contributed by atoms with E-state index in [1.165, 1.54) is 18.2 Å². The number of thiocarbonyl (C=S) groups is 1. The van der Waals surface area contributed by atoms with Crippen molar-refractivity contribution in [2.75, 3.05) is 20.3 Å². The summed E-state index contributed by atoms with van der Waals surface area (Å²) in [4.78, 5) is 14.4. The van der Waals surface area contributed by atoms with Gasteiger partial charge in [0.1, 0.15) is 29.6 Å². The van der Waals surface area contributed by atoms with E-state index >= 15 is 0 Å². The van der Waals surface area contributed by atoms with Crippen LogP contribution in [0.5, 0.6) is 11.5 Å². The fourth-order valence-corrected chi connectivity index (χ4v) is 4.13. The number of nitrogens with one attached hydrogen (secondary N) is 1. The third-order valence-electron chi connectivity index (χ3n) is 5.27. The van der Waals surface area contributed by atoms with Crippen molar-refractivity contribution in [1.29, 1.82) is 0 Å². The smallest absolute Gasteiger partial charge is 0.276 e. The van der Waals surface area contributed by atoms with Gasteiger partial charge in [0.25, 0.3) is 5.91 Å². The molecular weight excluding hydrogens is 455 g/mol. The SMILES string of the molecule is COc1ccc(/C=C2/NC(=S)N(CC3CCCO3)C2=O)cc1COc1ccc(F)cc1Cl. The fourth-order valence-electron chi connectivity index (χ4n) is 3.64. The van der Waals surface area contributed by atoms with Crippen LogP contribution < -0.4 is 14.8 Å². The van der Waals surface area contributed by atoms with Crippen LogP contribution in [0, 0.1) is 5.82 Å². The summed E-state index contributed by atoms with van der Waals surface area (Å²) >= 11 is 11.4. The van der Waals surface area contributed by atoms with Crippen LogP contribution in [0.15, 0.2) is 42.1 Å². The van der Waals surface area contributed by atoms with Crippen molar-refractivity contribution in [3.8, 4) is 11.5 Å². The van der Waals surface area contributed by atoms with Crippen LogP contribution in [0.1, 0.15) is 24.0 Å². The van der Waals surface area contributed by atoms with Crippen LogP contribution in [0.4, 0.5) is 4.39 Å². The monoisotopic (exact) mass is 476 g/mol. The first-order valence-electron chi connectivity index (χ1n) is 10.2. The Kier molecular flexibility index (Phi) is 6.93. The van der Waals surface area contributed by atoms with E-state index in [9.17, 15) is 9.18 Å². The molecule has 0 spiro atoms. The molecule has 1 amide bonds. The van der Waals surface area contributed by atoms with E-state index in [2.05, 4.69) is 5.32 Å². The molecule has 2 fully saturated rings. The van der Waals surface area contributed by atoms with Gasteiger partial charge in [-0.05, 0) is 67.0 Å². The van der Waals surface area contributed by atoms with Crippen molar-refractivity contribution >= 4 is 40.9 Å². The maximum atomic E-state index is 13.3. The molecule has 2 aliphatic heterocycles. The Hall–Kier alpha value is -2.68. The molecule has 32 heavy (non-hydrogen) atoms. The van der Waals surface area contributed by atoms with Gasteiger partial charge >= 0.3 is 0 Å². The largest absolute Gasteiger partial charge is 0.496 e. The third kappa shape index (κ3) is 5.03. The minimum Gasteiger partial charge on any atom is -0.496 e. The average molecular weight is 477 g/mol. The molecule has 9 heteroatoms. The molecule has 2 saturated heterocycles. The molecule has 6 nitrogen and oxygen atoms in total. The zero-order chi connectivity index (χ0) is 22.7. The first kappa shape index (κ1) is 22.5. The lowest BCUT2D eigenvalue weighted by molar-refractivity contribution is -0.123. The summed E-state index contributed by atoms with van der Waals surface area (Å²) in [6, 6.07) is 9.42. The lowest BCUT2D eigenvalue weighted by Gasteiger charge is -2.18. The minimum absolute atomic E-state index is 0.0149. The molecule has 0 radical (unpaired) electrons. The number of hydrogen-bond acceptors (Lipinski definition) is 5. The van der Waals surface area contributed by atoms with Crippen molar-refractivity contribution < 1.29 is 23.4 Å². The zero-order valence-electron chi connectivity index (χ0n) is 17.4. The Bertz CT molecular complexity index is 1070. The van der Waals surface area contributed by atoms with Crippen LogP contribution in [-0.2, 0) is 16.1 Å². The first-order valence-corrected chi connectivity index (χ1v) is 10.9. The molecule has 0 bridgehead atoms. The molecule has 1 unspecified atom stereocenters. The van der Waals surface area contributed by atoms with E-state index in [0.29, 0.717) is 28.9 Å². The van der Waals surface area contributed by atoms with E-state index in [1.807, 2.05) is 12.1 Å². The predicted molar refractivity (Wildman–Crippen MR) is 123 cm³/mol. The number of benzene rings is 2. The molecule has 1 atom stereocenters. The van der Waals surface area contributed by atoms with Crippen LogP contribution in [0.25, 0.3) is 6.08 Å². The van der Waals surface area contributed by atoms with Crippen LogP contribution in [-0.4, -0.2) is 42.3 Å². The minimum atomic E-state index is -0.436. The number of hydrogen-bond donors (Lipinski definition) is 1. The lowest BCUT2D eigenvalue weighted by Crippen LogP contribution is -2.37. The van der Waals surface area contributed by atoms with Gasteiger partial charge in [-0.2, -0.15) is 0 Å². The summed E-state index contributed by atoms with van der Waals surface area (Å²) in [6.45, 7) is 1.31. The van der Waals surface area contributed by atoms with Crippen molar-refractivity contribution in [1.82, 2.24) is 10.2 Å². The number of rotatable bonds is 7. The summed E-state index contributed by atoms with van der Waals surface area (Å²) in [5.41, 5.74) is 1.91. The molecule has 1 N–H and O–H groups in total. The lowest BCUT2D eigenvalue weighted by atomic mass is 10.1. The highest BCUT2D eigenvalue weighted by Crippen LogP contribution is 2.28. The van der Waals surface area contributed by atoms with E-state index in [1.54, 1.807) is 24.2 Å². The number of nitrogens with zero attached hydrogens (tertiary/aromatic N) is 1. The van der Waals surface area contributed by atoms with Crippen molar-refractivity contribution in [3.05, 3.63) is 64.1 Å². The number of halogens is 2. The van der Waals surface area contributed by atoms with E-state index in [4.69, 9.17) is 38.0 Å². The zero-order valence-corrected chi connectivity index (χ0v) is 19.0. The van der Waals surface area contributed by atoms with Gasteiger partial charge in [-0.3, -0.25) is 9.69 Å². The number of carbonyl (C=O) groups is 1. The molecule has 0 aliphatic carbocycles. The summed E-state index contributed by atoms with van der Waals surface area (Å²) < 4.78 is 30.1. The maximum Gasteiger partial charge on any atom is 0.276 e. The quantitative estimate of drug-likeness (QED) is 0.475. The Balaban J connectivity index is 1.50. The topological polar surface area (TPSA) is 60.0 Å². The van der Waals surface area contributed by atoms with Gasteiger partial charge in [-0.25, -0.2) is 4.39 Å². The molecule has 2 aromatic carbocycles. The number of carbonyl (C=O) groups excluding carboxylic acids is 1. The summed E-state index contributed by atoms with van der Waals surface area (Å²) in [6.07, 6.45) is 3.67. The molecule has 2 heterocycles. The van der Waals surface area contributed by atoms with Gasteiger partial charge in [0.15, 0.2) is 5.11 Å². The van der Waals surface area contributed by atoms with Gasteiger partial charge in [-0.1, -0.05) is 17.7 Å². The van der Waals surface area contributed by atoms with Crippen molar-refractivity contribution in [2.45, 2.75) is 25.6 Å². The highest BCUT2D eigenvalue weighted by Gasteiger charge is 2.33. The molecule has 2 aliphatic rings. The Morgan fingerprint density at radius 1 is 1.31 bits per heavy atom. The van der Waals surface area contributed by atoms with E-state index in [-0.39, 0.29) is 23.6 Å². The van der Waals surface area contributed by atoms with Crippen molar-refractivity contribution in [3.63, 3.8) is 0 Å². The molecule has 2 aromatic rings. The Morgan fingerprint density at radius 3 is 2.84 bits per heavy atom. The van der Waals surface area contributed by atoms with Gasteiger partial charge in [0.2, 0.25) is 0 Å². The number of ether oxygens (including phenoxy) is 3. The number of methoxy groups -OCH3 is 1. The molecule has 168 valence electrons. The third-order valence-corrected chi connectivity index (χ3v) is 5.88. The maximum absolute atomic E-state index is 13.3. The summed E-state index contributed by atoms with van der Waals surface area (Å²) in [5, 5.41) is 3.55. The second-order valence-corrected chi connectivity index (χ2v) is 8.27. The van der Waals surface area contributed by atoms with E-state index in [0.717, 1.165) is 30.6 Å². The van der Waals surface area contributed by atoms with Crippen LogP contribution >= 0.6 is 23.8 Å². The molecule has 4 rings (SSSR count). The summed E-state index contributed by atoms with van der Waals surface area (Å²) in [7, 11) is 1.56. The standard InChI is InChI=1S/C23H22ClFN2O4S/c1-29-20-6-4-14(9-15(20)13-31-21-7-5-16(25)11-18(21)24)10-19-22(28)27(23(32)26-19)12-17-3-2-8-30-17/h4-7,9-11,17H,2-3,8,12-13H2,1H3,(H,26,32)/b19-10+. The second kappa shape index (κ2) is 9.85. The average Bonchev–Trinajstić information content (AvgIpc) is 3.37. The van der Waals surface area contributed by atoms with Crippen LogP contribution in [0.3, 0.4) is 0 Å². The van der Waals surface area contributed by atoms with Crippen LogP contribution in [0.2, 0.25) is 5.02 Å². The predicted octanol–water partition coefficient (Wildman–Crippen LogP) is 4.30. The van der Waals surface area contributed by atoms with Gasteiger partial charge in [-0.15, -0.1) is 0 Å². The van der Waals surface area contributed by atoms with E-state index < -0.39 is 5.82 Å². The normalized spacial score (nSPS) is 19.5. The Morgan fingerprint density at radius 2 is 2.12 bits per heavy atom. The van der Waals surface area contributed by atoms with Crippen molar-refractivity contribution in [2.24, 2.45) is 0 Å². The molecule has 0 aromatic heterocycles. The molecule has 0 saturated carbocycles. The summed E-state index contributed by atoms with van der Waals surface area (Å²) in [5.74, 6) is 0.360. The highest BCUT2D eigenvalue weighted by atomic mass is 35.5. The second-order valence-electron chi connectivity index (χ2n) is 7.47.